The second-order valence-electron chi connectivity index (χ2n) is 9.40. The number of hydrogen-bond donors (Lipinski definition) is 1. The number of nitrogens with two attached hydrogens (primary N) is 1. The first kappa shape index (κ1) is 21.4. The van der Waals surface area contributed by atoms with Crippen LogP contribution in [0.15, 0.2) is 45.6 Å². The zero-order valence-electron chi connectivity index (χ0n) is 18.5. The average Bonchev–Trinajstić information content (AvgIpc) is 3.12. The highest BCUT2D eigenvalue weighted by Crippen LogP contribution is 2.35. The molecular weight excluding hydrogens is 410 g/mol. The lowest BCUT2D eigenvalue weighted by Crippen LogP contribution is -2.26. The van der Waals surface area contributed by atoms with Gasteiger partial charge in [-0.2, -0.15) is 0 Å². The lowest BCUT2D eigenvalue weighted by Gasteiger charge is -2.22. The molecule has 164 valence electrons. The third-order valence-corrected chi connectivity index (χ3v) is 7.49. The van der Waals surface area contributed by atoms with Crippen LogP contribution in [0, 0.1) is 0 Å². The second kappa shape index (κ2) is 8.01. The summed E-state index contributed by atoms with van der Waals surface area (Å²) >= 11 is 0. The summed E-state index contributed by atoms with van der Waals surface area (Å²) in [4.78, 5) is 27.0. The fourth-order valence-corrected chi connectivity index (χ4v) is 4.65. The van der Waals surface area contributed by atoms with E-state index in [4.69, 9.17) is 14.9 Å². The molecule has 0 saturated heterocycles. The maximum atomic E-state index is 12.9. The Labute approximate surface area is 182 Å². The van der Waals surface area contributed by atoms with Gasteiger partial charge in [0.25, 0.3) is 5.91 Å². The van der Waals surface area contributed by atoms with Crippen LogP contribution in [0.4, 0.5) is 5.69 Å². The number of rotatable bonds is 7. The van der Waals surface area contributed by atoms with Crippen LogP contribution in [0.3, 0.4) is 0 Å². The summed E-state index contributed by atoms with van der Waals surface area (Å²) in [6, 6.07) is 12.1. The summed E-state index contributed by atoms with van der Waals surface area (Å²) < 4.78 is 12.7. The Morgan fingerprint density at radius 2 is 1.90 bits per heavy atom. The van der Waals surface area contributed by atoms with E-state index in [1.165, 1.54) is 4.57 Å². The Kier molecular flexibility index (Phi) is 5.53. The summed E-state index contributed by atoms with van der Waals surface area (Å²) in [5.41, 5.74) is 10.2. The molecule has 0 aliphatic carbocycles. The number of aromatic nitrogens is 1. The normalized spacial score (nSPS) is 16.3. The molecule has 0 saturated carbocycles. The Bertz CT molecular complexity index is 1190. The molecule has 0 spiro atoms. The summed E-state index contributed by atoms with van der Waals surface area (Å²) in [6.45, 7) is 10.1. The average molecular weight is 440 g/mol. The standard InChI is InChI=1S/C23H29N3O4Si/c1-15-18-7-6-17(24)12-19(18)22(27)25(15)13-16-5-8-20-21(11-16)30-23(28)26(20)14-29-9-10-31(2,3)4/h5-8,11-12,15H,9-10,13-14,24H2,1-4H3. The minimum Gasteiger partial charge on any atom is -0.408 e. The summed E-state index contributed by atoms with van der Waals surface area (Å²) in [5.74, 6) is -0.474. The van der Waals surface area contributed by atoms with Gasteiger partial charge < -0.3 is 19.8 Å². The number of fused-ring (bicyclic) bond motifs is 2. The quantitative estimate of drug-likeness (QED) is 0.338. The maximum absolute atomic E-state index is 12.9. The van der Waals surface area contributed by atoms with Crippen LogP contribution < -0.4 is 11.5 Å². The van der Waals surface area contributed by atoms with Gasteiger partial charge in [-0.1, -0.05) is 31.8 Å². The number of ether oxygens (including phenoxy) is 1. The number of amides is 1. The highest BCUT2D eigenvalue weighted by atomic mass is 28.3. The van der Waals surface area contributed by atoms with Gasteiger partial charge in [-0.25, -0.2) is 9.36 Å². The summed E-state index contributed by atoms with van der Waals surface area (Å²) in [6.07, 6.45) is 0. The van der Waals surface area contributed by atoms with E-state index in [1.54, 1.807) is 11.0 Å². The number of carbonyl (C=O) groups is 1. The van der Waals surface area contributed by atoms with Crippen LogP contribution in [0.1, 0.15) is 34.5 Å². The first-order valence-corrected chi connectivity index (χ1v) is 14.3. The number of nitrogen functional groups attached to an aromatic ring is 1. The molecule has 7 nitrogen and oxygen atoms in total. The molecule has 3 aromatic rings. The van der Waals surface area contributed by atoms with Gasteiger partial charge in [-0.3, -0.25) is 4.79 Å². The smallest absolute Gasteiger partial charge is 0.408 e. The van der Waals surface area contributed by atoms with Crippen LogP contribution in [-0.2, 0) is 18.0 Å². The third kappa shape index (κ3) is 4.31. The lowest BCUT2D eigenvalue weighted by molar-refractivity contribution is 0.0723. The number of benzene rings is 2. The van der Waals surface area contributed by atoms with Gasteiger partial charge in [0, 0.05) is 32.5 Å². The van der Waals surface area contributed by atoms with E-state index in [0.29, 0.717) is 35.5 Å². The fourth-order valence-electron chi connectivity index (χ4n) is 3.89. The van der Waals surface area contributed by atoms with Gasteiger partial charge in [0.1, 0.15) is 6.73 Å². The van der Waals surface area contributed by atoms with Gasteiger partial charge in [-0.15, -0.1) is 0 Å². The van der Waals surface area contributed by atoms with Gasteiger partial charge in [0.2, 0.25) is 0 Å². The van der Waals surface area contributed by atoms with E-state index in [0.717, 1.165) is 17.2 Å². The van der Waals surface area contributed by atoms with E-state index in [9.17, 15) is 9.59 Å². The molecule has 1 aliphatic rings. The molecule has 1 amide bonds. The molecule has 2 heterocycles. The van der Waals surface area contributed by atoms with Crippen molar-refractivity contribution < 1.29 is 13.9 Å². The topological polar surface area (TPSA) is 90.7 Å². The Morgan fingerprint density at radius 1 is 1.13 bits per heavy atom. The molecule has 8 heteroatoms. The largest absolute Gasteiger partial charge is 0.421 e. The minimum atomic E-state index is -1.18. The van der Waals surface area contributed by atoms with Gasteiger partial charge >= 0.3 is 5.76 Å². The van der Waals surface area contributed by atoms with Crippen molar-refractivity contribution >= 4 is 30.8 Å². The molecule has 31 heavy (non-hydrogen) atoms. The Balaban J connectivity index is 1.50. The number of hydrogen-bond acceptors (Lipinski definition) is 5. The zero-order chi connectivity index (χ0) is 22.3. The van der Waals surface area contributed by atoms with Crippen molar-refractivity contribution in [2.45, 2.75) is 51.9 Å². The molecule has 0 bridgehead atoms. The van der Waals surface area contributed by atoms with Gasteiger partial charge in [0.15, 0.2) is 5.58 Å². The molecule has 1 aromatic heterocycles. The SMILES string of the molecule is CC1c2ccc(N)cc2C(=O)N1Cc1ccc2c(c1)oc(=O)n2COCC[Si](C)(C)C. The van der Waals surface area contributed by atoms with Crippen LogP contribution in [0.25, 0.3) is 11.1 Å². The maximum Gasteiger partial charge on any atom is 0.421 e. The molecule has 1 aliphatic heterocycles. The van der Waals surface area contributed by atoms with Crippen LogP contribution >= 0.6 is 0 Å². The molecule has 0 radical (unpaired) electrons. The zero-order valence-corrected chi connectivity index (χ0v) is 19.5. The van der Waals surface area contributed by atoms with Crippen molar-refractivity contribution in [1.82, 2.24) is 9.47 Å². The monoisotopic (exact) mass is 439 g/mol. The molecule has 1 atom stereocenters. The summed E-state index contributed by atoms with van der Waals surface area (Å²) in [5, 5.41) is 0. The first-order valence-electron chi connectivity index (χ1n) is 10.5. The van der Waals surface area contributed by atoms with Gasteiger partial charge in [0.05, 0.1) is 11.6 Å². The first-order chi connectivity index (χ1) is 14.6. The number of carbonyl (C=O) groups excluding carboxylic acids is 1. The fraction of sp³-hybridized carbons (Fsp3) is 0.391. The highest BCUT2D eigenvalue weighted by molar-refractivity contribution is 6.76. The third-order valence-electron chi connectivity index (χ3n) is 5.79. The van der Waals surface area contributed by atoms with Crippen molar-refractivity contribution in [1.29, 1.82) is 0 Å². The molecule has 2 N–H and O–H groups in total. The van der Waals surface area contributed by atoms with Crippen molar-refractivity contribution in [3.63, 3.8) is 0 Å². The van der Waals surface area contributed by atoms with Crippen LogP contribution in [0.5, 0.6) is 0 Å². The van der Waals surface area contributed by atoms with Crippen molar-refractivity contribution in [2.75, 3.05) is 12.3 Å². The van der Waals surface area contributed by atoms with Gasteiger partial charge in [-0.05, 0) is 48.4 Å². The Hall–Kier alpha value is -2.84. The molecule has 2 aromatic carbocycles. The van der Waals surface area contributed by atoms with Crippen LogP contribution in [-0.4, -0.2) is 30.1 Å². The van der Waals surface area contributed by atoms with Crippen molar-refractivity contribution in [3.05, 3.63) is 63.6 Å². The molecule has 4 rings (SSSR count). The van der Waals surface area contributed by atoms with Crippen molar-refractivity contribution in [2.24, 2.45) is 0 Å². The molecular formula is C23H29N3O4Si. The molecule has 0 fully saturated rings. The van der Waals surface area contributed by atoms with E-state index < -0.39 is 13.8 Å². The van der Waals surface area contributed by atoms with Crippen molar-refractivity contribution in [3.8, 4) is 0 Å². The number of anilines is 1. The van der Waals surface area contributed by atoms with E-state index in [1.807, 2.05) is 37.3 Å². The second-order valence-corrected chi connectivity index (χ2v) is 15.0. The lowest BCUT2D eigenvalue weighted by atomic mass is 10.1. The predicted octanol–water partition coefficient (Wildman–Crippen LogP) is 4.21. The van der Waals surface area contributed by atoms with E-state index in [-0.39, 0.29) is 18.7 Å². The predicted molar refractivity (Wildman–Crippen MR) is 124 cm³/mol. The number of oxazole rings is 1. The van der Waals surface area contributed by atoms with E-state index >= 15 is 0 Å². The molecule has 1 unspecified atom stereocenters. The highest BCUT2D eigenvalue weighted by Gasteiger charge is 2.33. The number of nitrogens with zero attached hydrogens (tertiary/aromatic N) is 2. The summed E-state index contributed by atoms with van der Waals surface area (Å²) in [7, 11) is -1.18. The van der Waals surface area contributed by atoms with E-state index in [2.05, 4.69) is 19.6 Å². The minimum absolute atomic E-state index is 0.0373. The van der Waals surface area contributed by atoms with Crippen LogP contribution in [0.2, 0.25) is 25.7 Å². The Morgan fingerprint density at radius 3 is 2.65 bits per heavy atom.